The van der Waals surface area contributed by atoms with Crippen molar-refractivity contribution in [3.8, 4) is 0 Å². The molecule has 1 atom stereocenters. The fourth-order valence-corrected chi connectivity index (χ4v) is 2.53. The Morgan fingerprint density at radius 3 is 2.47 bits per heavy atom. The van der Waals surface area contributed by atoms with Crippen molar-refractivity contribution >= 4 is 31.9 Å². The van der Waals surface area contributed by atoms with E-state index in [2.05, 4.69) is 31.9 Å². The van der Waals surface area contributed by atoms with Crippen LogP contribution in [0.1, 0.15) is 28.7 Å². The molecule has 0 aliphatic heterocycles. The van der Waals surface area contributed by atoms with Crippen LogP contribution < -0.4 is 5.73 Å². The largest absolute Gasteiger partial charge is 0.464 e. The second-order valence-corrected chi connectivity index (χ2v) is 5.80. The molecular formula is C13H13Br2NO. The van der Waals surface area contributed by atoms with E-state index in [1.807, 2.05) is 38.1 Å². The Labute approximate surface area is 117 Å². The van der Waals surface area contributed by atoms with E-state index < -0.39 is 0 Å². The maximum Gasteiger partial charge on any atom is 0.125 e. The summed E-state index contributed by atoms with van der Waals surface area (Å²) in [4.78, 5) is 0. The van der Waals surface area contributed by atoms with Gasteiger partial charge in [0.25, 0.3) is 0 Å². The quantitative estimate of drug-likeness (QED) is 0.860. The summed E-state index contributed by atoms with van der Waals surface area (Å²) in [7, 11) is 0. The maximum absolute atomic E-state index is 6.22. The van der Waals surface area contributed by atoms with Crippen LogP contribution in [0.5, 0.6) is 0 Å². The molecule has 2 rings (SSSR count). The summed E-state index contributed by atoms with van der Waals surface area (Å²) in [5.74, 6) is 1.71. The highest BCUT2D eigenvalue weighted by Crippen LogP contribution is 2.31. The molecule has 0 spiro atoms. The number of halogens is 2. The van der Waals surface area contributed by atoms with Gasteiger partial charge in [0.2, 0.25) is 0 Å². The highest BCUT2D eigenvalue weighted by Gasteiger charge is 2.17. The van der Waals surface area contributed by atoms with Crippen LogP contribution in [-0.2, 0) is 0 Å². The minimum atomic E-state index is -0.255. The number of hydrogen-bond acceptors (Lipinski definition) is 2. The molecule has 90 valence electrons. The van der Waals surface area contributed by atoms with Crippen LogP contribution in [0.2, 0.25) is 0 Å². The SMILES string of the molecule is Cc1cc(C(N)c2cc(Br)ccc2Br)oc1C. The number of rotatable bonds is 2. The van der Waals surface area contributed by atoms with Crippen molar-refractivity contribution in [2.75, 3.05) is 0 Å². The average Bonchev–Trinajstić information content (AvgIpc) is 2.62. The van der Waals surface area contributed by atoms with Crippen molar-refractivity contribution in [3.05, 3.63) is 55.9 Å². The van der Waals surface area contributed by atoms with Crippen LogP contribution in [0.3, 0.4) is 0 Å². The van der Waals surface area contributed by atoms with Crippen LogP contribution in [0, 0.1) is 13.8 Å². The number of furan rings is 1. The van der Waals surface area contributed by atoms with Gasteiger partial charge in [-0.15, -0.1) is 0 Å². The lowest BCUT2D eigenvalue weighted by Gasteiger charge is -2.11. The molecule has 2 nitrogen and oxygen atoms in total. The lowest BCUT2D eigenvalue weighted by molar-refractivity contribution is 0.464. The minimum absolute atomic E-state index is 0.255. The summed E-state index contributed by atoms with van der Waals surface area (Å²) in [6, 6.07) is 7.69. The first-order valence-electron chi connectivity index (χ1n) is 5.26. The topological polar surface area (TPSA) is 39.2 Å². The third kappa shape index (κ3) is 2.64. The van der Waals surface area contributed by atoms with Gasteiger partial charge in [-0.25, -0.2) is 0 Å². The smallest absolute Gasteiger partial charge is 0.125 e. The third-order valence-corrected chi connectivity index (χ3v) is 4.00. The van der Waals surface area contributed by atoms with Crippen LogP contribution in [0.25, 0.3) is 0 Å². The summed E-state index contributed by atoms with van der Waals surface area (Å²) in [6.07, 6.45) is 0. The second-order valence-electron chi connectivity index (χ2n) is 4.03. The average molecular weight is 359 g/mol. The van der Waals surface area contributed by atoms with Crippen molar-refractivity contribution in [3.63, 3.8) is 0 Å². The first-order valence-corrected chi connectivity index (χ1v) is 6.85. The van der Waals surface area contributed by atoms with Gasteiger partial charge in [0, 0.05) is 8.95 Å². The van der Waals surface area contributed by atoms with E-state index in [9.17, 15) is 0 Å². The van der Waals surface area contributed by atoms with Gasteiger partial charge >= 0.3 is 0 Å². The molecule has 2 aromatic rings. The van der Waals surface area contributed by atoms with E-state index in [0.29, 0.717) is 0 Å². The summed E-state index contributed by atoms with van der Waals surface area (Å²) >= 11 is 6.96. The van der Waals surface area contributed by atoms with E-state index in [4.69, 9.17) is 10.2 Å². The van der Waals surface area contributed by atoms with Crippen LogP contribution >= 0.6 is 31.9 Å². The molecule has 4 heteroatoms. The van der Waals surface area contributed by atoms with Crippen LogP contribution in [-0.4, -0.2) is 0 Å². The van der Waals surface area contributed by atoms with Crippen molar-refractivity contribution in [2.45, 2.75) is 19.9 Å². The Bertz CT molecular complexity index is 529. The van der Waals surface area contributed by atoms with Crippen molar-refractivity contribution in [1.82, 2.24) is 0 Å². The van der Waals surface area contributed by atoms with Crippen LogP contribution in [0.4, 0.5) is 0 Å². The van der Waals surface area contributed by atoms with Gasteiger partial charge in [-0.05, 0) is 49.2 Å². The van der Waals surface area contributed by atoms with Gasteiger partial charge in [-0.3, -0.25) is 0 Å². The second kappa shape index (κ2) is 4.96. The molecule has 0 aliphatic rings. The molecule has 0 amide bonds. The zero-order chi connectivity index (χ0) is 12.6. The monoisotopic (exact) mass is 357 g/mol. The van der Waals surface area contributed by atoms with Crippen molar-refractivity contribution in [2.24, 2.45) is 5.73 Å². The summed E-state index contributed by atoms with van der Waals surface area (Å²) < 4.78 is 7.66. The fourth-order valence-electron chi connectivity index (χ4n) is 1.66. The molecule has 0 radical (unpaired) electrons. The van der Waals surface area contributed by atoms with E-state index in [1.165, 1.54) is 0 Å². The minimum Gasteiger partial charge on any atom is -0.464 e. The zero-order valence-electron chi connectivity index (χ0n) is 9.63. The Morgan fingerprint density at radius 2 is 1.88 bits per heavy atom. The van der Waals surface area contributed by atoms with Gasteiger partial charge in [-0.2, -0.15) is 0 Å². The first kappa shape index (κ1) is 12.9. The molecule has 0 aliphatic carbocycles. The van der Waals surface area contributed by atoms with Crippen molar-refractivity contribution < 1.29 is 4.42 Å². The Balaban J connectivity index is 2.42. The van der Waals surface area contributed by atoms with Crippen molar-refractivity contribution in [1.29, 1.82) is 0 Å². The summed E-state index contributed by atoms with van der Waals surface area (Å²) in [6.45, 7) is 3.96. The van der Waals surface area contributed by atoms with Gasteiger partial charge in [0.15, 0.2) is 0 Å². The molecule has 1 aromatic carbocycles. The molecule has 2 N–H and O–H groups in total. The Hall–Kier alpha value is -0.580. The number of aryl methyl sites for hydroxylation is 2. The lowest BCUT2D eigenvalue weighted by Crippen LogP contribution is -2.11. The first-order chi connectivity index (χ1) is 7.99. The van der Waals surface area contributed by atoms with Gasteiger partial charge in [0.1, 0.15) is 11.5 Å². The van der Waals surface area contributed by atoms with E-state index in [0.717, 1.165) is 31.6 Å². The molecule has 1 heterocycles. The molecule has 0 saturated heterocycles. The summed E-state index contributed by atoms with van der Waals surface area (Å²) in [5, 5.41) is 0. The van der Waals surface area contributed by atoms with E-state index >= 15 is 0 Å². The third-order valence-electron chi connectivity index (χ3n) is 2.78. The number of hydrogen-bond donors (Lipinski definition) is 1. The standard InChI is InChI=1S/C13H13Br2NO/c1-7-5-12(17-8(7)2)13(16)10-6-9(14)3-4-11(10)15/h3-6,13H,16H2,1-2H3. The zero-order valence-corrected chi connectivity index (χ0v) is 12.8. The maximum atomic E-state index is 6.22. The Kier molecular flexibility index (Phi) is 3.76. The predicted octanol–water partition coefficient (Wildman–Crippen LogP) is 4.47. The fraction of sp³-hybridized carbons (Fsp3) is 0.231. The predicted molar refractivity (Wildman–Crippen MR) is 76.1 cm³/mol. The van der Waals surface area contributed by atoms with Gasteiger partial charge in [0.05, 0.1) is 6.04 Å². The number of nitrogens with two attached hydrogens (primary N) is 1. The van der Waals surface area contributed by atoms with E-state index in [-0.39, 0.29) is 6.04 Å². The molecule has 0 bridgehead atoms. The highest BCUT2D eigenvalue weighted by molar-refractivity contribution is 9.11. The highest BCUT2D eigenvalue weighted by atomic mass is 79.9. The molecular weight excluding hydrogens is 346 g/mol. The summed E-state index contributed by atoms with van der Waals surface area (Å²) in [5.41, 5.74) is 8.36. The normalized spacial score (nSPS) is 12.8. The van der Waals surface area contributed by atoms with Gasteiger partial charge < -0.3 is 10.2 Å². The molecule has 1 aromatic heterocycles. The molecule has 17 heavy (non-hydrogen) atoms. The Morgan fingerprint density at radius 1 is 1.18 bits per heavy atom. The van der Waals surface area contributed by atoms with E-state index in [1.54, 1.807) is 0 Å². The molecule has 0 fully saturated rings. The van der Waals surface area contributed by atoms with Crippen LogP contribution in [0.15, 0.2) is 37.6 Å². The molecule has 1 unspecified atom stereocenters. The number of benzene rings is 1. The molecule has 0 saturated carbocycles. The van der Waals surface area contributed by atoms with Gasteiger partial charge in [-0.1, -0.05) is 31.9 Å². The lowest BCUT2D eigenvalue weighted by atomic mass is 10.1.